The Labute approximate surface area is 101 Å². The number of carbonyl (C=O) groups is 1. The van der Waals surface area contributed by atoms with Crippen LogP contribution < -0.4 is 10.5 Å². The molecule has 2 amide bonds. The Morgan fingerprint density at radius 1 is 1.35 bits per heavy atom. The fraction of sp³-hybridized carbons (Fsp3) is 0.462. The summed E-state index contributed by atoms with van der Waals surface area (Å²) >= 11 is 0. The Morgan fingerprint density at radius 3 is 2.53 bits per heavy atom. The van der Waals surface area contributed by atoms with Crippen LogP contribution in [-0.4, -0.2) is 30.1 Å². The molecule has 0 bridgehead atoms. The molecule has 0 radical (unpaired) electrons. The van der Waals surface area contributed by atoms with Crippen molar-refractivity contribution in [2.24, 2.45) is 5.73 Å². The zero-order chi connectivity index (χ0) is 12.4. The van der Waals surface area contributed by atoms with Crippen molar-refractivity contribution in [3.63, 3.8) is 0 Å². The van der Waals surface area contributed by atoms with E-state index in [0.717, 1.165) is 12.2 Å². The molecule has 4 heteroatoms. The van der Waals surface area contributed by atoms with Crippen LogP contribution in [0.3, 0.4) is 0 Å². The number of ether oxygens (including phenoxy) is 1. The molecule has 1 aliphatic heterocycles. The lowest BCUT2D eigenvalue weighted by Gasteiger charge is -2.15. The van der Waals surface area contributed by atoms with Crippen LogP contribution in [0, 0.1) is 13.8 Å². The summed E-state index contributed by atoms with van der Waals surface area (Å²) in [7, 11) is 0. The van der Waals surface area contributed by atoms with Gasteiger partial charge in [-0.05, 0) is 37.1 Å². The average Bonchev–Trinajstić information content (AvgIpc) is 2.64. The lowest BCUT2D eigenvalue weighted by molar-refractivity contribution is 0.192. The molecule has 0 aliphatic carbocycles. The highest BCUT2D eigenvalue weighted by Crippen LogP contribution is 2.21. The van der Waals surface area contributed by atoms with Gasteiger partial charge in [0.15, 0.2) is 0 Å². The third-order valence-corrected chi connectivity index (χ3v) is 2.95. The van der Waals surface area contributed by atoms with Crippen molar-refractivity contribution >= 4 is 6.03 Å². The van der Waals surface area contributed by atoms with Gasteiger partial charge in [0.05, 0.1) is 6.54 Å². The van der Waals surface area contributed by atoms with Gasteiger partial charge in [0.25, 0.3) is 0 Å². The van der Waals surface area contributed by atoms with E-state index in [1.54, 1.807) is 4.90 Å². The molecule has 0 aromatic heterocycles. The van der Waals surface area contributed by atoms with Gasteiger partial charge in [-0.2, -0.15) is 0 Å². The number of hydrogen-bond acceptors (Lipinski definition) is 2. The molecule has 1 aliphatic rings. The number of urea groups is 1. The number of carbonyl (C=O) groups excluding carboxylic acids is 1. The van der Waals surface area contributed by atoms with Crippen LogP contribution in [0.5, 0.6) is 5.75 Å². The minimum atomic E-state index is -0.364. The second-order valence-electron chi connectivity index (χ2n) is 4.64. The van der Waals surface area contributed by atoms with Crippen LogP contribution in [0.25, 0.3) is 0 Å². The van der Waals surface area contributed by atoms with Gasteiger partial charge in [-0.1, -0.05) is 6.07 Å². The van der Waals surface area contributed by atoms with Crippen molar-refractivity contribution in [2.75, 3.05) is 13.1 Å². The fourth-order valence-electron chi connectivity index (χ4n) is 2.22. The molecule has 1 aromatic carbocycles. The Kier molecular flexibility index (Phi) is 3.22. The molecule has 17 heavy (non-hydrogen) atoms. The summed E-state index contributed by atoms with van der Waals surface area (Å²) in [5, 5.41) is 0. The van der Waals surface area contributed by atoms with E-state index >= 15 is 0 Å². The number of hydrogen-bond donors (Lipinski definition) is 1. The third-order valence-electron chi connectivity index (χ3n) is 2.95. The molecule has 0 spiro atoms. The van der Waals surface area contributed by atoms with E-state index in [-0.39, 0.29) is 12.1 Å². The average molecular weight is 234 g/mol. The van der Waals surface area contributed by atoms with Crippen LogP contribution in [0.15, 0.2) is 18.2 Å². The maximum atomic E-state index is 11.0. The maximum Gasteiger partial charge on any atom is 0.314 e. The first-order valence-corrected chi connectivity index (χ1v) is 5.84. The Balaban J connectivity index is 2.00. The van der Waals surface area contributed by atoms with Gasteiger partial charge >= 0.3 is 6.03 Å². The van der Waals surface area contributed by atoms with Crippen molar-refractivity contribution in [3.8, 4) is 5.75 Å². The zero-order valence-corrected chi connectivity index (χ0v) is 10.3. The highest BCUT2D eigenvalue weighted by molar-refractivity contribution is 5.72. The molecule has 0 saturated carbocycles. The number of amides is 2. The van der Waals surface area contributed by atoms with Crippen molar-refractivity contribution < 1.29 is 9.53 Å². The van der Waals surface area contributed by atoms with Gasteiger partial charge in [0, 0.05) is 13.0 Å². The van der Waals surface area contributed by atoms with Gasteiger partial charge in [-0.3, -0.25) is 0 Å². The maximum absolute atomic E-state index is 11.0. The highest BCUT2D eigenvalue weighted by atomic mass is 16.5. The van der Waals surface area contributed by atoms with Gasteiger partial charge < -0.3 is 15.4 Å². The molecule has 1 atom stereocenters. The van der Waals surface area contributed by atoms with Crippen molar-refractivity contribution in [3.05, 3.63) is 29.3 Å². The molecular weight excluding hydrogens is 216 g/mol. The van der Waals surface area contributed by atoms with Crippen LogP contribution in [0.1, 0.15) is 17.5 Å². The summed E-state index contributed by atoms with van der Waals surface area (Å²) in [6.45, 7) is 5.36. The molecule has 1 saturated heterocycles. The first-order valence-electron chi connectivity index (χ1n) is 5.84. The molecule has 1 fully saturated rings. The first-order chi connectivity index (χ1) is 8.04. The third kappa shape index (κ3) is 2.90. The molecule has 92 valence electrons. The normalized spacial score (nSPS) is 19.4. The number of nitrogens with zero attached hydrogens (tertiary/aromatic N) is 1. The molecule has 1 heterocycles. The number of likely N-dealkylation sites (tertiary alicyclic amines) is 1. The van der Waals surface area contributed by atoms with Crippen LogP contribution in [-0.2, 0) is 0 Å². The van der Waals surface area contributed by atoms with Crippen LogP contribution in [0.2, 0.25) is 0 Å². The van der Waals surface area contributed by atoms with E-state index in [4.69, 9.17) is 10.5 Å². The standard InChI is InChI=1S/C13H18N2O2/c1-9-5-10(2)7-12(6-9)17-11-3-4-15(8-11)13(14)16/h5-7,11H,3-4,8H2,1-2H3,(H2,14,16)/t11-/m0/s1. The smallest absolute Gasteiger partial charge is 0.314 e. The molecule has 4 nitrogen and oxygen atoms in total. The van der Waals surface area contributed by atoms with Crippen LogP contribution >= 0.6 is 0 Å². The lowest BCUT2D eigenvalue weighted by Crippen LogP contribution is -2.35. The molecule has 2 rings (SSSR count). The minimum Gasteiger partial charge on any atom is -0.488 e. The first kappa shape index (κ1) is 11.8. The molecule has 0 unspecified atom stereocenters. The predicted octanol–water partition coefficient (Wildman–Crippen LogP) is 1.84. The SMILES string of the molecule is Cc1cc(C)cc(O[C@H]2CCN(C(N)=O)C2)c1. The number of aryl methyl sites for hydroxylation is 2. The second kappa shape index (κ2) is 4.65. The van der Waals surface area contributed by atoms with E-state index in [9.17, 15) is 4.79 Å². The monoisotopic (exact) mass is 234 g/mol. The fourth-order valence-corrected chi connectivity index (χ4v) is 2.22. The number of rotatable bonds is 2. The Morgan fingerprint density at radius 2 is 2.00 bits per heavy atom. The molecular formula is C13H18N2O2. The van der Waals surface area contributed by atoms with E-state index in [0.29, 0.717) is 13.1 Å². The summed E-state index contributed by atoms with van der Waals surface area (Å²) in [6, 6.07) is 5.77. The lowest BCUT2D eigenvalue weighted by atomic mass is 10.1. The number of benzene rings is 1. The predicted molar refractivity (Wildman–Crippen MR) is 66.1 cm³/mol. The number of primary amides is 1. The number of nitrogens with two attached hydrogens (primary N) is 1. The summed E-state index contributed by atoms with van der Waals surface area (Å²) in [6.07, 6.45) is 0.902. The largest absolute Gasteiger partial charge is 0.488 e. The topological polar surface area (TPSA) is 55.6 Å². The minimum absolute atomic E-state index is 0.0590. The second-order valence-corrected chi connectivity index (χ2v) is 4.64. The van der Waals surface area contributed by atoms with Gasteiger partial charge in [-0.15, -0.1) is 0 Å². The zero-order valence-electron chi connectivity index (χ0n) is 10.3. The summed E-state index contributed by atoms with van der Waals surface area (Å²) in [5.74, 6) is 0.874. The van der Waals surface area contributed by atoms with E-state index in [2.05, 4.69) is 6.07 Å². The van der Waals surface area contributed by atoms with Gasteiger partial charge in [-0.25, -0.2) is 4.79 Å². The Hall–Kier alpha value is -1.71. The van der Waals surface area contributed by atoms with Crippen molar-refractivity contribution in [1.29, 1.82) is 0 Å². The van der Waals surface area contributed by atoms with Gasteiger partial charge in [0.2, 0.25) is 0 Å². The van der Waals surface area contributed by atoms with E-state index < -0.39 is 0 Å². The van der Waals surface area contributed by atoms with E-state index in [1.807, 2.05) is 26.0 Å². The van der Waals surface area contributed by atoms with Gasteiger partial charge in [0.1, 0.15) is 11.9 Å². The van der Waals surface area contributed by atoms with Crippen molar-refractivity contribution in [1.82, 2.24) is 4.90 Å². The van der Waals surface area contributed by atoms with Crippen LogP contribution in [0.4, 0.5) is 4.79 Å². The summed E-state index contributed by atoms with van der Waals surface area (Å²) < 4.78 is 5.87. The van der Waals surface area contributed by atoms with E-state index in [1.165, 1.54) is 11.1 Å². The summed E-state index contributed by atoms with van der Waals surface area (Å²) in [4.78, 5) is 12.6. The highest BCUT2D eigenvalue weighted by Gasteiger charge is 2.26. The molecule has 1 aromatic rings. The Bertz CT molecular complexity index is 411. The van der Waals surface area contributed by atoms with Crippen molar-refractivity contribution in [2.45, 2.75) is 26.4 Å². The quantitative estimate of drug-likeness (QED) is 0.848. The molecule has 2 N–H and O–H groups in total. The summed E-state index contributed by atoms with van der Waals surface area (Å²) in [5.41, 5.74) is 7.60.